The maximum absolute atomic E-state index is 12.8. The highest BCUT2D eigenvalue weighted by atomic mass is 35.5. The minimum atomic E-state index is -0.150. The number of rotatable bonds is 7. The molecule has 0 aliphatic heterocycles. The Morgan fingerprint density at radius 3 is 2.44 bits per heavy atom. The summed E-state index contributed by atoms with van der Waals surface area (Å²) in [5.41, 5.74) is 3.08. The van der Waals surface area contributed by atoms with Crippen molar-refractivity contribution in [3.8, 4) is 0 Å². The van der Waals surface area contributed by atoms with E-state index in [0.29, 0.717) is 23.8 Å². The van der Waals surface area contributed by atoms with Gasteiger partial charge < -0.3 is 9.47 Å². The summed E-state index contributed by atoms with van der Waals surface area (Å²) in [4.78, 5) is 12.8. The van der Waals surface area contributed by atoms with Gasteiger partial charge in [0.2, 0.25) is 0 Å². The summed E-state index contributed by atoms with van der Waals surface area (Å²) in [7, 11) is 3.21. The van der Waals surface area contributed by atoms with Gasteiger partial charge in [-0.2, -0.15) is 0 Å². The molecule has 0 spiro atoms. The minimum absolute atomic E-state index is 0.150. The van der Waals surface area contributed by atoms with Gasteiger partial charge in [-0.15, -0.1) is 0 Å². The van der Waals surface area contributed by atoms with Crippen molar-refractivity contribution in [3.05, 3.63) is 87.9 Å². The third kappa shape index (κ3) is 4.64. The smallest absolute Gasteiger partial charge is 0.187 e. The van der Waals surface area contributed by atoms with Crippen LogP contribution in [0.2, 0.25) is 5.02 Å². The van der Waals surface area contributed by atoms with Crippen LogP contribution in [-0.4, -0.2) is 20.0 Å². The van der Waals surface area contributed by atoms with Crippen LogP contribution in [0.3, 0.4) is 0 Å². The molecule has 0 saturated heterocycles. The number of allylic oxidation sites excluding steroid dienone is 1. The Balaban J connectivity index is 1.90. The van der Waals surface area contributed by atoms with Gasteiger partial charge in [-0.1, -0.05) is 54.1 Å². The van der Waals surface area contributed by atoms with Crippen LogP contribution in [0.1, 0.15) is 27.0 Å². The predicted octanol–water partition coefficient (Wildman–Crippen LogP) is 5.68. The summed E-state index contributed by atoms with van der Waals surface area (Å²) in [6.07, 6.45) is 3.36. The van der Waals surface area contributed by atoms with Crippen LogP contribution in [-0.2, 0) is 22.7 Å². The lowest BCUT2D eigenvalue weighted by atomic mass is 10.0. The van der Waals surface area contributed by atoms with Crippen LogP contribution in [0.5, 0.6) is 0 Å². The molecule has 0 N–H and O–H groups in total. The molecule has 0 radical (unpaired) electrons. The number of benzene rings is 3. The molecule has 0 unspecified atom stereocenters. The van der Waals surface area contributed by atoms with E-state index in [1.807, 2.05) is 36.4 Å². The average Bonchev–Trinajstić information content (AvgIpc) is 2.68. The van der Waals surface area contributed by atoms with Crippen molar-refractivity contribution in [2.45, 2.75) is 13.2 Å². The van der Waals surface area contributed by atoms with E-state index in [9.17, 15) is 4.79 Å². The summed E-state index contributed by atoms with van der Waals surface area (Å²) in [5.74, 6) is -0.150. The monoisotopic (exact) mass is 380 g/mol. The molecule has 3 aromatic rings. The largest absolute Gasteiger partial charge is 0.380 e. The van der Waals surface area contributed by atoms with Crippen molar-refractivity contribution < 1.29 is 14.3 Å². The summed E-state index contributed by atoms with van der Waals surface area (Å²) >= 11 is 6.44. The topological polar surface area (TPSA) is 35.5 Å². The lowest BCUT2D eigenvalue weighted by Gasteiger charge is -2.11. The van der Waals surface area contributed by atoms with Crippen LogP contribution in [0.15, 0.2) is 60.7 Å². The summed E-state index contributed by atoms with van der Waals surface area (Å²) in [5, 5.41) is 2.72. The lowest BCUT2D eigenvalue weighted by molar-refractivity contribution is 0.104. The third-order valence-electron chi connectivity index (χ3n) is 4.28. The first kappa shape index (κ1) is 19.3. The number of ether oxygens (including phenoxy) is 2. The second kappa shape index (κ2) is 8.96. The van der Waals surface area contributed by atoms with E-state index in [-0.39, 0.29) is 5.78 Å². The third-order valence-corrected chi connectivity index (χ3v) is 4.73. The number of ketones is 1. The van der Waals surface area contributed by atoms with Crippen LogP contribution >= 0.6 is 11.6 Å². The molecule has 27 heavy (non-hydrogen) atoms. The van der Waals surface area contributed by atoms with E-state index in [1.54, 1.807) is 26.4 Å². The first-order valence-corrected chi connectivity index (χ1v) is 9.00. The quantitative estimate of drug-likeness (QED) is 0.390. The number of hydrogen-bond donors (Lipinski definition) is 0. The summed E-state index contributed by atoms with van der Waals surface area (Å²) in [6.45, 7) is 0.744. The Kier molecular flexibility index (Phi) is 6.40. The maximum atomic E-state index is 12.8. The van der Waals surface area contributed by atoms with Gasteiger partial charge in [-0.3, -0.25) is 4.79 Å². The highest BCUT2D eigenvalue weighted by molar-refractivity contribution is 6.35. The second-order valence-corrected chi connectivity index (χ2v) is 6.66. The van der Waals surface area contributed by atoms with E-state index in [0.717, 1.165) is 22.1 Å². The van der Waals surface area contributed by atoms with E-state index in [1.165, 1.54) is 5.39 Å². The Bertz CT molecular complexity index is 992. The van der Waals surface area contributed by atoms with Gasteiger partial charge in [-0.25, -0.2) is 0 Å². The van der Waals surface area contributed by atoms with E-state index >= 15 is 0 Å². The highest BCUT2D eigenvalue weighted by Crippen LogP contribution is 2.26. The van der Waals surface area contributed by atoms with Crippen LogP contribution in [0.4, 0.5) is 0 Å². The Labute approximate surface area is 164 Å². The molecule has 0 aromatic heterocycles. The Morgan fingerprint density at radius 2 is 1.70 bits per heavy atom. The molecule has 0 aliphatic carbocycles. The van der Waals surface area contributed by atoms with Crippen molar-refractivity contribution in [2.75, 3.05) is 14.2 Å². The van der Waals surface area contributed by atoms with Crippen LogP contribution in [0.25, 0.3) is 16.8 Å². The molecule has 4 heteroatoms. The fraction of sp³-hybridized carbons (Fsp3) is 0.174. The Morgan fingerprint density at radius 1 is 0.963 bits per heavy atom. The Hall–Kier alpha value is -2.46. The standard InChI is InChI=1S/C23H21ClO3/c1-26-14-17-12-20(15-27-2)23(24)21(13-17)22(25)10-8-16-7-9-18-5-3-4-6-19(18)11-16/h3-13H,14-15H2,1-2H3/b10-8+. The van der Waals surface area contributed by atoms with Gasteiger partial charge in [0, 0.05) is 19.8 Å². The molecule has 0 atom stereocenters. The first-order chi connectivity index (χ1) is 13.1. The second-order valence-electron chi connectivity index (χ2n) is 6.29. The molecule has 3 aromatic carbocycles. The molecule has 0 fully saturated rings. The number of halogens is 1. The zero-order valence-corrected chi connectivity index (χ0v) is 16.1. The van der Waals surface area contributed by atoms with E-state index in [4.69, 9.17) is 21.1 Å². The predicted molar refractivity (Wildman–Crippen MR) is 110 cm³/mol. The summed E-state index contributed by atoms with van der Waals surface area (Å²) in [6, 6.07) is 17.9. The minimum Gasteiger partial charge on any atom is -0.380 e. The fourth-order valence-corrected chi connectivity index (χ4v) is 3.27. The van der Waals surface area contributed by atoms with E-state index in [2.05, 4.69) is 18.2 Å². The van der Waals surface area contributed by atoms with Gasteiger partial charge in [-0.05, 0) is 51.7 Å². The van der Waals surface area contributed by atoms with Crippen LogP contribution in [0, 0.1) is 0 Å². The van der Waals surface area contributed by atoms with Gasteiger partial charge in [0.05, 0.1) is 18.2 Å². The lowest BCUT2D eigenvalue weighted by Crippen LogP contribution is -2.03. The van der Waals surface area contributed by atoms with Crippen molar-refractivity contribution >= 4 is 34.2 Å². The van der Waals surface area contributed by atoms with Gasteiger partial charge in [0.15, 0.2) is 5.78 Å². The molecular weight excluding hydrogens is 360 g/mol. The SMILES string of the molecule is COCc1cc(COC)c(Cl)c(C(=O)/C=C/c2ccc3ccccc3c2)c1. The number of carbonyl (C=O) groups excluding carboxylic acids is 1. The average molecular weight is 381 g/mol. The van der Waals surface area contributed by atoms with Crippen molar-refractivity contribution in [2.24, 2.45) is 0 Å². The zero-order valence-electron chi connectivity index (χ0n) is 15.4. The van der Waals surface area contributed by atoms with Gasteiger partial charge in [0.1, 0.15) is 0 Å². The highest BCUT2D eigenvalue weighted by Gasteiger charge is 2.14. The number of methoxy groups -OCH3 is 2. The molecule has 0 bridgehead atoms. The normalized spacial score (nSPS) is 11.4. The van der Waals surface area contributed by atoms with Gasteiger partial charge >= 0.3 is 0 Å². The molecule has 0 amide bonds. The molecule has 0 heterocycles. The van der Waals surface area contributed by atoms with Crippen molar-refractivity contribution in [1.29, 1.82) is 0 Å². The molecule has 138 valence electrons. The molecule has 0 saturated carbocycles. The molecule has 3 nitrogen and oxygen atoms in total. The molecule has 0 aliphatic rings. The maximum Gasteiger partial charge on any atom is 0.187 e. The van der Waals surface area contributed by atoms with Gasteiger partial charge in [0.25, 0.3) is 0 Å². The zero-order chi connectivity index (χ0) is 19.2. The number of hydrogen-bond acceptors (Lipinski definition) is 3. The van der Waals surface area contributed by atoms with E-state index < -0.39 is 0 Å². The van der Waals surface area contributed by atoms with Crippen molar-refractivity contribution in [3.63, 3.8) is 0 Å². The fourth-order valence-electron chi connectivity index (χ4n) is 3.01. The molecule has 3 rings (SSSR count). The van der Waals surface area contributed by atoms with Crippen molar-refractivity contribution in [1.82, 2.24) is 0 Å². The number of carbonyl (C=O) groups is 1. The van der Waals surface area contributed by atoms with Crippen LogP contribution < -0.4 is 0 Å². The first-order valence-electron chi connectivity index (χ1n) is 8.62. The molecular formula is C23H21ClO3. The number of fused-ring (bicyclic) bond motifs is 1. The summed E-state index contributed by atoms with van der Waals surface area (Å²) < 4.78 is 10.4.